The van der Waals surface area contributed by atoms with Crippen molar-refractivity contribution in [1.82, 2.24) is 19.8 Å². The van der Waals surface area contributed by atoms with Crippen molar-refractivity contribution in [2.45, 2.75) is 38.4 Å². The smallest absolute Gasteiger partial charge is 0.225 e. The van der Waals surface area contributed by atoms with Gasteiger partial charge in [-0.15, -0.1) is 0 Å². The monoisotopic (exact) mass is 328 g/mol. The first-order chi connectivity index (χ1) is 11.7. The van der Waals surface area contributed by atoms with E-state index in [-0.39, 0.29) is 30.2 Å². The number of imidazole rings is 1. The lowest BCUT2D eigenvalue weighted by atomic mass is 10.0. The Balaban J connectivity index is 1.33. The molecule has 24 heavy (non-hydrogen) atoms. The van der Waals surface area contributed by atoms with Crippen molar-refractivity contribution in [3.8, 4) is 0 Å². The summed E-state index contributed by atoms with van der Waals surface area (Å²) >= 11 is 0. The highest BCUT2D eigenvalue weighted by Crippen LogP contribution is 2.21. The number of hydrogen-bond donors (Lipinski definition) is 1. The Labute approximate surface area is 139 Å². The number of furan rings is 1. The summed E-state index contributed by atoms with van der Waals surface area (Å²) in [5.74, 6) is 1.51. The average molecular weight is 328 g/mol. The zero-order chi connectivity index (χ0) is 16.5. The van der Waals surface area contributed by atoms with Gasteiger partial charge in [0.15, 0.2) is 0 Å². The van der Waals surface area contributed by atoms with Gasteiger partial charge in [-0.3, -0.25) is 9.59 Å². The molecule has 2 aliphatic heterocycles. The number of likely N-dealkylation sites (tertiary alicyclic amines) is 1. The molecule has 2 unspecified atom stereocenters. The van der Waals surface area contributed by atoms with Gasteiger partial charge in [0.2, 0.25) is 11.8 Å². The first-order valence-corrected chi connectivity index (χ1v) is 8.29. The molecule has 2 atom stereocenters. The normalized spacial score (nSPS) is 23.3. The lowest BCUT2D eigenvalue weighted by Crippen LogP contribution is -2.44. The lowest BCUT2D eigenvalue weighted by Gasteiger charge is -2.26. The predicted octanol–water partition coefficient (Wildman–Crippen LogP) is 0.956. The van der Waals surface area contributed by atoms with Gasteiger partial charge in [0.25, 0.3) is 0 Å². The van der Waals surface area contributed by atoms with Crippen LogP contribution in [0.4, 0.5) is 0 Å². The first-order valence-electron chi connectivity index (χ1n) is 8.29. The summed E-state index contributed by atoms with van der Waals surface area (Å²) in [7, 11) is 0. The molecule has 1 saturated heterocycles. The number of nitrogens with zero attached hydrogens (tertiary/aromatic N) is 3. The van der Waals surface area contributed by atoms with E-state index in [1.807, 2.05) is 12.3 Å². The number of carbonyl (C=O) groups excluding carboxylic acids is 2. The van der Waals surface area contributed by atoms with Crippen molar-refractivity contribution in [2.75, 3.05) is 6.54 Å². The quantitative estimate of drug-likeness (QED) is 0.906. The summed E-state index contributed by atoms with van der Waals surface area (Å²) < 4.78 is 7.36. The van der Waals surface area contributed by atoms with Crippen molar-refractivity contribution < 1.29 is 14.0 Å². The predicted molar refractivity (Wildman–Crippen MR) is 84.7 cm³/mol. The summed E-state index contributed by atoms with van der Waals surface area (Å²) in [5, 5.41) is 3.10. The van der Waals surface area contributed by atoms with Crippen LogP contribution in [0.5, 0.6) is 0 Å². The molecule has 7 heteroatoms. The Kier molecular flexibility index (Phi) is 3.84. The summed E-state index contributed by atoms with van der Waals surface area (Å²) in [6.07, 6.45) is 7.36. The van der Waals surface area contributed by atoms with Crippen LogP contribution in [0, 0.1) is 5.92 Å². The lowest BCUT2D eigenvalue weighted by molar-refractivity contribution is -0.129. The molecule has 2 aromatic rings. The second kappa shape index (κ2) is 6.14. The molecule has 1 fully saturated rings. The highest BCUT2D eigenvalue weighted by Gasteiger charge is 2.35. The summed E-state index contributed by atoms with van der Waals surface area (Å²) in [4.78, 5) is 30.6. The van der Waals surface area contributed by atoms with Crippen molar-refractivity contribution in [3.05, 3.63) is 42.4 Å². The van der Waals surface area contributed by atoms with Crippen LogP contribution in [-0.4, -0.2) is 38.9 Å². The van der Waals surface area contributed by atoms with E-state index in [1.165, 1.54) is 0 Å². The maximum absolute atomic E-state index is 12.5. The maximum Gasteiger partial charge on any atom is 0.225 e. The van der Waals surface area contributed by atoms with Gasteiger partial charge in [-0.25, -0.2) is 4.98 Å². The minimum atomic E-state index is -0.281. The third-order valence-corrected chi connectivity index (χ3v) is 4.79. The Morgan fingerprint density at radius 3 is 3.17 bits per heavy atom. The summed E-state index contributed by atoms with van der Waals surface area (Å²) in [5.41, 5.74) is 0. The van der Waals surface area contributed by atoms with Crippen molar-refractivity contribution >= 4 is 11.8 Å². The standard InChI is InChI=1S/C17H20N4O3/c22-16-8-12(9-21(16)11-14-2-1-7-24-14)17(23)19-13-3-4-15-18-5-6-20(15)10-13/h1-2,5-7,12-13H,3-4,8-11H2,(H,19,23). The zero-order valence-corrected chi connectivity index (χ0v) is 13.4. The van der Waals surface area contributed by atoms with E-state index in [2.05, 4.69) is 14.9 Å². The minimum absolute atomic E-state index is 0.00656. The number of carbonyl (C=O) groups is 2. The number of aromatic nitrogens is 2. The molecule has 0 aliphatic carbocycles. The number of hydrogen-bond acceptors (Lipinski definition) is 4. The van der Waals surface area contributed by atoms with Crippen LogP contribution in [-0.2, 0) is 29.1 Å². The Hall–Kier alpha value is -2.57. The molecule has 4 heterocycles. The Morgan fingerprint density at radius 2 is 2.33 bits per heavy atom. The van der Waals surface area contributed by atoms with Gasteiger partial charge in [0.05, 0.1) is 18.7 Å². The molecule has 1 N–H and O–H groups in total. The molecule has 7 nitrogen and oxygen atoms in total. The topological polar surface area (TPSA) is 80.4 Å². The van der Waals surface area contributed by atoms with Crippen molar-refractivity contribution in [3.63, 3.8) is 0 Å². The fourth-order valence-corrected chi connectivity index (χ4v) is 3.49. The highest BCUT2D eigenvalue weighted by atomic mass is 16.3. The Bertz CT molecular complexity index is 737. The SMILES string of the molecule is O=C(NC1CCc2nccn2C1)C1CC(=O)N(Cc2ccco2)C1. The summed E-state index contributed by atoms with van der Waals surface area (Å²) in [6, 6.07) is 3.74. The number of amides is 2. The van der Waals surface area contributed by atoms with Gasteiger partial charge < -0.3 is 19.2 Å². The van der Waals surface area contributed by atoms with Crippen LogP contribution in [0.15, 0.2) is 35.2 Å². The van der Waals surface area contributed by atoms with Gasteiger partial charge >= 0.3 is 0 Å². The molecule has 126 valence electrons. The van der Waals surface area contributed by atoms with Gasteiger partial charge in [0.1, 0.15) is 11.6 Å². The second-order valence-electron chi connectivity index (χ2n) is 6.49. The number of nitrogens with one attached hydrogen (secondary N) is 1. The minimum Gasteiger partial charge on any atom is -0.467 e. The van der Waals surface area contributed by atoms with Crippen molar-refractivity contribution in [1.29, 1.82) is 0 Å². The molecule has 2 amide bonds. The molecule has 0 aromatic carbocycles. The fourth-order valence-electron chi connectivity index (χ4n) is 3.49. The average Bonchev–Trinajstić information content (AvgIpc) is 3.29. The van der Waals surface area contributed by atoms with E-state index >= 15 is 0 Å². The van der Waals surface area contributed by atoms with Crippen LogP contribution in [0.3, 0.4) is 0 Å². The number of aryl methyl sites for hydroxylation is 1. The van der Waals surface area contributed by atoms with E-state index in [9.17, 15) is 9.59 Å². The highest BCUT2D eigenvalue weighted by molar-refractivity contribution is 5.89. The van der Waals surface area contributed by atoms with E-state index in [4.69, 9.17) is 4.42 Å². The molecule has 0 saturated carbocycles. The molecular formula is C17H20N4O3. The van der Waals surface area contributed by atoms with Crippen molar-refractivity contribution in [2.24, 2.45) is 5.92 Å². The molecule has 4 rings (SSSR count). The first kappa shape index (κ1) is 15.0. The third kappa shape index (κ3) is 2.93. The zero-order valence-electron chi connectivity index (χ0n) is 13.4. The molecular weight excluding hydrogens is 308 g/mol. The molecule has 0 spiro atoms. The molecule has 0 bridgehead atoms. The maximum atomic E-state index is 12.5. The molecule has 0 radical (unpaired) electrons. The van der Waals surface area contributed by atoms with Gasteiger partial charge in [0, 0.05) is 44.4 Å². The van der Waals surface area contributed by atoms with E-state index < -0.39 is 0 Å². The van der Waals surface area contributed by atoms with Crippen LogP contribution < -0.4 is 5.32 Å². The van der Waals surface area contributed by atoms with Gasteiger partial charge in [-0.2, -0.15) is 0 Å². The van der Waals surface area contributed by atoms with Crippen LogP contribution in [0.25, 0.3) is 0 Å². The number of fused-ring (bicyclic) bond motifs is 1. The molecule has 2 aromatic heterocycles. The molecule has 2 aliphatic rings. The van der Waals surface area contributed by atoms with Crippen LogP contribution in [0.2, 0.25) is 0 Å². The number of rotatable bonds is 4. The van der Waals surface area contributed by atoms with Crippen LogP contribution >= 0.6 is 0 Å². The van der Waals surface area contributed by atoms with Gasteiger partial charge in [-0.1, -0.05) is 0 Å². The summed E-state index contributed by atoms with van der Waals surface area (Å²) in [6.45, 7) is 1.63. The third-order valence-electron chi connectivity index (χ3n) is 4.79. The van der Waals surface area contributed by atoms with E-state index in [0.29, 0.717) is 13.1 Å². The second-order valence-corrected chi connectivity index (χ2v) is 6.49. The van der Waals surface area contributed by atoms with E-state index in [0.717, 1.165) is 31.0 Å². The Morgan fingerprint density at radius 1 is 1.42 bits per heavy atom. The van der Waals surface area contributed by atoms with Gasteiger partial charge in [-0.05, 0) is 18.6 Å². The fraction of sp³-hybridized carbons (Fsp3) is 0.471. The largest absolute Gasteiger partial charge is 0.467 e. The van der Waals surface area contributed by atoms with Crippen LogP contribution in [0.1, 0.15) is 24.4 Å². The van der Waals surface area contributed by atoms with E-state index in [1.54, 1.807) is 23.4 Å².